The zero-order valence-electron chi connectivity index (χ0n) is 10.1. The summed E-state index contributed by atoms with van der Waals surface area (Å²) in [5, 5.41) is 19.4. The molecule has 0 aromatic carbocycles. The van der Waals surface area contributed by atoms with Gasteiger partial charge in [0.15, 0.2) is 0 Å². The summed E-state index contributed by atoms with van der Waals surface area (Å²) in [6.45, 7) is 0.563. The summed E-state index contributed by atoms with van der Waals surface area (Å²) >= 11 is 0. The van der Waals surface area contributed by atoms with Crippen LogP contribution in [0.4, 0.5) is 5.69 Å². The number of hydrogen-bond donors (Lipinski definition) is 1. The van der Waals surface area contributed by atoms with Crippen LogP contribution in [0.1, 0.15) is 31.2 Å². The lowest BCUT2D eigenvalue weighted by Gasteiger charge is -2.30. The van der Waals surface area contributed by atoms with E-state index in [1.54, 1.807) is 18.5 Å². The molecule has 0 unspecified atom stereocenters. The number of nitriles is 1. The van der Waals surface area contributed by atoms with Crippen LogP contribution in [0.5, 0.6) is 0 Å². The Morgan fingerprint density at radius 2 is 2.24 bits per heavy atom. The zero-order chi connectivity index (χ0) is 12.3. The molecular weight excluding hydrogens is 214 g/mol. The predicted octanol–water partition coefficient (Wildman–Crippen LogP) is 1.69. The minimum absolute atomic E-state index is 0.563. The Bertz CT molecular complexity index is 433. The molecular formula is C13H17N3O. The van der Waals surface area contributed by atoms with E-state index < -0.39 is 5.60 Å². The van der Waals surface area contributed by atoms with Crippen molar-refractivity contribution in [2.75, 3.05) is 18.5 Å². The molecule has 1 aliphatic rings. The molecule has 1 fully saturated rings. The fraction of sp³-hybridized carbons (Fsp3) is 0.538. The summed E-state index contributed by atoms with van der Waals surface area (Å²) in [5.41, 5.74) is 0.788. The summed E-state index contributed by atoms with van der Waals surface area (Å²) in [6.07, 6.45) is 7.15. The molecule has 1 aromatic heterocycles. The van der Waals surface area contributed by atoms with E-state index in [0.717, 1.165) is 31.4 Å². The first-order valence-electron chi connectivity index (χ1n) is 5.92. The minimum Gasteiger partial charge on any atom is -0.388 e. The van der Waals surface area contributed by atoms with E-state index in [2.05, 4.69) is 11.1 Å². The second kappa shape index (κ2) is 4.72. The molecule has 1 heterocycles. The lowest BCUT2D eigenvalue weighted by Crippen LogP contribution is -2.39. The maximum absolute atomic E-state index is 10.3. The summed E-state index contributed by atoms with van der Waals surface area (Å²) in [5.74, 6) is 0. The van der Waals surface area contributed by atoms with Crippen molar-refractivity contribution in [2.45, 2.75) is 31.3 Å². The molecule has 0 saturated heterocycles. The average Bonchev–Trinajstić information content (AvgIpc) is 2.75. The van der Waals surface area contributed by atoms with Gasteiger partial charge in [0, 0.05) is 19.8 Å². The molecule has 0 aliphatic heterocycles. The van der Waals surface area contributed by atoms with Crippen LogP contribution in [-0.4, -0.2) is 29.3 Å². The van der Waals surface area contributed by atoms with Gasteiger partial charge in [-0.15, -0.1) is 0 Å². The van der Waals surface area contributed by atoms with E-state index in [1.807, 2.05) is 11.9 Å². The third kappa shape index (κ3) is 2.56. The van der Waals surface area contributed by atoms with Crippen molar-refractivity contribution in [3.8, 4) is 6.07 Å². The molecule has 1 saturated carbocycles. The Morgan fingerprint density at radius 3 is 2.88 bits per heavy atom. The van der Waals surface area contributed by atoms with Crippen molar-refractivity contribution < 1.29 is 5.11 Å². The number of nitrogens with zero attached hydrogens (tertiary/aromatic N) is 3. The summed E-state index contributed by atoms with van der Waals surface area (Å²) in [6, 6.07) is 3.85. The van der Waals surface area contributed by atoms with Crippen molar-refractivity contribution in [3.05, 3.63) is 24.0 Å². The molecule has 2 rings (SSSR count). The highest BCUT2D eigenvalue weighted by Crippen LogP contribution is 2.31. The van der Waals surface area contributed by atoms with E-state index in [1.165, 1.54) is 0 Å². The zero-order valence-corrected chi connectivity index (χ0v) is 10.1. The molecule has 0 bridgehead atoms. The van der Waals surface area contributed by atoms with Gasteiger partial charge in [-0.2, -0.15) is 5.26 Å². The van der Waals surface area contributed by atoms with Crippen LogP contribution in [0.15, 0.2) is 18.5 Å². The standard InChI is InChI=1S/C13H17N3O/c1-16(10-13(17)5-2-3-6-13)12-9-15-7-4-11(12)8-14/h4,7,9,17H,2-3,5-6,10H2,1H3. The Labute approximate surface area is 102 Å². The predicted molar refractivity (Wildman–Crippen MR) is 65.6 cm³/mol. The van der Waals surface area contributed by atoms with Crippen LogP contribution in [0.3, 0.4) is 0 Å². The highest BCUT2D eigenvalue weighted by atomic mass is 16.3. The smallest absolute Gasteiger partial charge is 0.101 e. The van der Waals surface area contributed by atoms with Crippen molar-refractivity contribution in [1.82, 2.24) is 4.98 Å². The van der Waals surface area contributed by atoms with E-state index >= 15 is 0 Å². The van der Waals surface area contributed by atoms with Gasteiger partial charge in [-0.3, -0.25) is 4.98 Å². The highest BCUT2D eigenvalue weighted by molar-refractivity contribution is 5.57. The second-order valence-electron chi connectivity index (χ2n) is 4.79. The Hall–Kier alpha value is -1.60. The number of aliphatic hydroxyl groups is 1. The van der Waals surface area contributed by atoms with Crippen LogP contribution in [0.2, 0.25) is 0 Å². The van der Waals surface area contributed by atoms with E-state index in [9.17, 15) is 5.11 Å². The molecule has 1 aliphatic carbocycles. The van der Waals surface area contributed by atoms with Gasteiger partial charge in [-0.05, 0) is 18.9 Å². The number of rotatable bonds is 3. The van der Waals surface area contributed by atoms with Crippen molar-refractivity contribution in [1.29, 1.82) is 5.26 Å². The Morgan fingerprint density at radius 1 is 1.53 bits per heavy atom. The number of likely N-dealkylation sites (N-methyl/N-ethyl adjacent to an activating group) is 1. The molecule has 0 amide bonds. The molecule has 4 nitrogen and oxygen atoms in total. The van der Waals surface area contributed by atoms with Gasteiger partial charge in [0.1, 0.15) is 6.07 Å². The second-order valence-corrected chi connectivity index (χ2v) is 4.79. The van der Waals surface area contributed by atoms with Gasteiger partial charge in [0.25, 0.3) is 0 Å². The largest absolute Gasteiger partial charge is 0.388 e. The van der Waals surface area contributed by atoms with E-state index in [4.69, 9.17) is 5.26 Å². The monoisotopic (exact) mass is 231 g/mol. The third-order valence-electron chi connectivity index (χ3n) is 3.40. The molecule has 1 aromatic rings. The molecule has 1 N–H and O–H groups in total. The first-order valence-corrected chi connectivity index (χ1v) is 5.92. The van der Waals surface area contributed by atoms with Crippen LogP contribution < -0.4 is 4.90 Å². The number of hydrogen-bond acceptors (Lipinski definition) is 4. The molecule has 4 heteroatoms. The SMILES string of the molecule is CN(CC1(O)CCCC1)c1cnccc1C#N. The number of aromatic nitrogens is 1. The van der Waals surface area contributed by atoms with Gasteiger partial charge < -0.3 is 10.0 Å². The normalized spacial score (nSPS) is 17.7. The molecule has 0 spiro atoms. The maximum Gasteiger partial charge on any atom is 0.101 e. The van der Waals surface area contributed by atoms with Crippen LogP contribution in [0, 0.1) is 11.3 Å². The quantitative estimate of drug-likeness (QED) is 0.860. The highest BCUT2D eigenvalue weighted by Gasteiger charge is 2.32. The fourth-order valence-corrected chi connectivity index (χ4v) is 2.50. The molecule has 90 valence electrons. The van der Waals surface area contributed by atoms with Gasteiger partial charge >= 0.3 is 0 Å². The maximum atomic E-state index is 10.3. The Balaban J connectivity index is 2.14. The van der Waals surface area contributed by atoms with Gasteiger partial charge in [0.05, 0.1) is 23.0 Å². The number of anilines is 1. The first-order chi connectivity index (χ1) is 8.14. The van der Waals surface area contributed by atoms with E-state index in [0.29, 0.717) is 12.1 Å². The molecule has 17 heavy (non-hydrogen) atoms. The van der Waals surface area contributed by atoms with Crippen LogP contribution >= 0.6 is 0 Å². The number of pyridine rings is 1. The molecule has 0 radical (unpaired) electrons. The lowest BCUT2D eigenvalue weighted by atomic mass is 10.0. The summed E-state index contributed by atoms with van der Waals surface area (Å²) in [4.78, 5) is 5.96. The van der Waals surface area contributed by atoms with Crippen molar-refractivity contribution in [2.24, 2.45) is 0 Å². The first kappa shape index (κ1) is 11.9. The van der Waals surface area contributed by atoms with E-state index in [-0.39, 0.29) is 0 Å². The average molecular weight is 231 g/mol. The fourth-order valence-electron chi connectivity index (χ4n) is 2.50. The molecule has 0 atom stereocenters. The third-order valence-corrected chi connectivity index (χ3v) is 3.40. The van der Waals surface area contributed by atoms with Crippen LogP contribution in [-0.2, 0) is 0 Å². The van der Waals surface area contributed by atoms with Crippen molar-refractivity contribution >= 4 is 5.69 Å². The van der Waals surface area contributed by atoms with Gasteiger partial charge in [-0.25, -0.2) is 0 Å². The van der Waals surface area contributed by atoms with Crippen LogP contribution in [0.25, 0.3) is 0 Å². The summed E-state index contributed by atoms with van der Waals surface area (Å²) in [7, 11) is 1.90. The minimum atomic E-state index is -0.600. The topological polar surface area (TPSA) is 60.1 Å². The van der Waals surface area contributed by atoms with Crippen molar-refractivity contribution in [3.63, 3.8) is 0 Å². The Kier molecular flexibility index (Phi) is 3.30. The van der Waals surface area contributed by atoms with Gasteiger partial charge in [0.2, 0.25) is 0 Å². The lowest BCUT2D eigenvalue weighted by molar-refractivity contribution is 0.0559. The summed E-state index contributed by atoms with van der Waals surface area (Å²) < 4.78 is 0. The van der Waals surface area contributed by atoms with Gasteiger partial charge in [-0.1, -0.05) is 12.8 Å².